The highest BCUT2D eigenvalue weighted by atomic mass is 16.5. The van der Waals surface area contributed by atoms with Crippen LogP contribution in [0.15, 0.2) is 53.2 Å². The Balaban J connectivity index is 1.82. The van der Waals surface area contributed by atoms with Gasteiger partial charge in [-0.25, -0.2) is 0 Å². The Morgan fingerprint density at radius 2 is 1.95 bits per heavy atom. The summed E-state index contributed by atoms with van der Waals surface area (Å²) >= 11 is 0. The molecule has 6 heteroatoms. The van der Waals surface area contributed by atoms with Crippen molar-refractivity contribution in [1.82, 2.24) is 10.9 Å². The number of hydrogen-bond donors (Lipinski definition) is 2. The van der Waals surface area contributed by atoms with Gasteiger partial charge in [-0.1, -0.05) is 12.1 Å². The number of furan rings is 1. The predicted octanol–water partition coefficient (Wildman–Crippen LogP) is 2.15. The van der Waals surface area contributed by atoms with Gasteiger partial charge in [-0.2, -0.15) is 0 Å². The number of nitrogens with one attached hydrogen (secondary N) is 2. The molecule has 0 bridgehead atoms. The first kappa shape index (κ1) is 15.4. The van der Waals surface area contributed by atoms with E-state index in [1.807, 2.05) is 31.2 Å². The van der Waals surface area contributed by atoms with Crippen LogP contribution < -0.4 is 15.6 Å². The van der Waals surface area contributed by atoms with E-state index >= 15 is 0 Å². The molecule has 2 rings (SSSR count). The van der Waals surface area contributed by atoms with Gasteiger partial charge in [-0.05, 0) is 42.8 Å². The van der Waals surface area contributed by atoms with Crippen molar-refractivity contribution >= 4 is 17.9 Å². The minimum atomic E-state index is -0.521. The molecule has 1 heterocycles. The molecule has 0 fully saturated rings. The second-order valence-electron chi connectivity index (χ2n) is 4.26. The highest BCUT2D eigenvalue weighted by molar-refractivity contribution is 5.96. The van der Waals surface area contributed by atoms with Gasteiger partial charge in [-0.3, -0.25) is 20.4 Å². The van der Waals surface area contributed by atoms with E-state index in [9.17, 15) is 9.59 Å². The maximum absolute atomic E-state index is 11.6. The topological polar surface area (TPSA) is 80.6 Å². The highest BCUT2D eigenvalue weighted by Crippen LogP contribution is 2.12. The summed E-state index contributed by atoms with van der Waals surface area (Å²) in [5, 5.41) is 0. The van der Waals surface area contributed by atoms with Gasteiger partial charge in [0.2, 0.25) is 0 Å². The first-order valence-corrected chi connectivity index (χ1v) is 6.74. The first-order valence-electron chi connectivity index (χ1n) is 6.74. The van der Waals surface area contributed by atoms with Gasteiger partial charge in [0.25, 0.3) is 5.91 Å². The van der Waals surface area contributed by atoms with E-state index < -0.39 is 11.8 Å². The SMILES string of the molecule is CCOc1ccc(/C=C/C(=O)NNC(=O)c2ccco2)cc1. The summed E-state index contributed by atoms with van der Waals surface area (Å²) in [6.45, 7) is 2.52. The number of amides is 2. The molecule has 22 heavy (non-hydrogen) atoms. The maximum Gasteiger partial charge on any atom is 0.305 e. The molecule has 0 saturated carbocycles. The lowest BCUT2D eigenvalue weighted by molar-refractivity contribution is -0.117. The zero-order chi connectivity index (χ0) is 15.8. The van der Waals surface area contributed by atoms with Crippen molar-refractivity contribution in [2.24, 2.45) is 0 Å². The van der Waals surface area contributed by atoms with Crippen LogP contribution >= 0.6 is 0 Å². The molecule has 0 radical (unpaired) electrons. The number of hydrazine groups is 1. The van der Waals surface area contributed by atoms with Crippen LogP contribution in [0.1, 0.15) is 23.0 Å². The molecule has 0 aliphatic carbocycles. The Labute approximate surface area is 127 Å². The lowest BCUT2D eigenvalue weighted by Crippen LogP contribution is -2.40. The fraction of sp³-hybridized carbons (Fsp3) is 0.125. The normalized spacial score (nSPS) is 10.4. The number of ether oxygens (including phenoxy) is 1. The lowest BCUT2D eigenvalue weighted by atomic mass is 10.2. The molecule has 2 aromatic rings. The highest BCUT2D eigenvalue weighted by Gasteiger charge is 2.07. The van der Waals surface area contributed by atoms with E-state index in [2.05, 4.69) is 10.9 Å². The van der Waals surface area contributed by atoms with E-state index in [0.717, 1.165) is 11.3 Å². The Morgan fingerprint density at radius 1 is 1.18 bits per heavy atom. The number of hydrogen-bond acceptors (Lipinski definition) is 4. The number of carbonyl (C=O) groups excluding carboxylic acids is 2. The fourth-order valence-electron chi connectivity index (χ4n) is 1.64. The van der Waals surface area contributed by atoms with Crippen molar-refractivity contribution in [2.75, 3.05) is 6.61 Å². The van der Waals surface area contributed by atoms with E-state index in [0.29, 0.717) is 6.61 Å². The third-order valence-corrected chi connectivity index (χ3v) is 2.66. The van der Waals surface area contributed by atoms with Gasteiger partial charge < -0.3 is 9.15 Å². The van der Waals surface area contributed by atoms with Crippen molar-refractivity contribution in [3.05, 3.63) is 60.1 Å². The molecule has 2 N–H and O–H groups in total. The van der Waals surface area contributed by atoms with Crippen LogP contribution in [0.4, 0.5) is 0 Å². The molecule has 0 spiro atoms. The molecule has 0 aliphatic heterocycles. The van der Waals surface area contributed by atoms with Crippen LogP contribution in [0.2, 0.25) is 0 Å². The Morgan fingerprint density at radius 3 is 2.59 bits per heavy atom. The van der Waals surface area contributed by atoms with E-state index in [1.165, 1.54) is 18.4 Å². The number of rotatable bonds is 5. The van der Waals surface area contributed by atoms with Crippen LogP contribution in [0.5, 0.6) is 5.75 Å². The molecule has 0 unspecified atom stereocenters. The quantitative estimate of drug-likeness (QED) is 0.655. The van der Waals surface area contributed by atoms with Crippen molar-refractivity contribution in [3.63, 3.8) is 0 Å². The van der Waals surface area contributed by atoms with Crippen LogP contribution in [0.3, 0.4) is 0 Å². The zero-order valence-corrected chi connectivity index (χ0v) is 12.0. The van der Waals surface area contributed by atoms with Gasteiger partial charge in [0.05, 0.1) is 12.9 Å². The van der Waals surface area contributed by atoms with Crippen LogP contribution in [-0.2, 0) is 4.79 Å². The maximum atomic E-state index is 11.6. The van der Waals surface area contributed by atoms with Gasteiger partial charge >= 0.3 is 5.91 Å². The average Bonchev–Trinajstić information content (AvgIpc) is 3.07. The van der Waals surface area contributed by atoms with E-state index in [1.54, 1.807) is 12.1 Å². The summed E-state index contributed by atoms with van der Waals surface area (Å²) < 4.78 is 10.2. The minimum absolute atomic E-state index is 0.121. The third kappa shape index (κ3) is 4.52. The smallest absolute Gasteiger partial charge is 0.305 e. The fourth-order valence-corrected chi connectivity index (χ4v) is 1.64. The van der Waals surface area contributed by atoms with Crippen molar-refractivity contribution in [1.29, 1.82) is 0 Å². The summed E-state index contributed by atoms with van der Waals surface area (Å²) in [6.07, 6.45) is 4.32. The first-order chi connectivity index (χ1) is 10.7. The summed E-state index contributed by atoms with van der Waals surface area (Å²) in [4.78, 5) is 23.1. The average molecular weight is 300 g/mol. The lowest BCUT2D eigenvalue weighted by Gasteiger charge is -2.03. The molecule has 1 aromatic heterocycles. The standard InChI is InChI=1S/C16H16N2O4/c1-2-21-13-8-5-12(6-9-13)7-10-15(19)17-18-16(20)14-4-3-11-22-14/h3-11H,2H2,1H3,(H,17,19)(H,18,20)/b10-7+. The summed E-state index contributed by atoms with van der Waals surface area (Å²) in [6, 6.07) is 10.4. The number of carbonyl (C=O) groups is 2. The van der Waals surface area contributed by atoms with Crippen LogP contribution in [0.25, 0.3) is 6.08 Å². The van der Waals surface area contributed by atoms with Gasteiger partial charge in [0.1, 0.15) is 5.75 Å². The Kier molecular flexibility index (Phi) is 5.37. The second kappa shape index (κ2) is 7.68. The van der Waals surface area contributed by atoms with Gasteiger partial charge in [0, 0.05) is 6.08 Å². The van der Waals surface area contributed by atoms with E-state index in [-0.39, 0.29) is 5.76 Å². The van der Waals surface area contributed by atoms with Gasteiger partial charge in [-0.15, -0.1) is 0 Å². The molecule has 0 atom stereocenters. The van der Waals surface area contributed by atoms with Crippen molar-refractivity contribution in [2.45, 2.75) is 6.92 Å². The molecular formula is C16H16N2O4. The molecule has 114 valence electrons. The summed E-state index contributed by atoms with van der Waals surface area (Å²) in [5.74, 6) is -0.0767. The molecule has 0 saturated heterocycles. The Bertz CT molecular complexity index is 645. The van der Waals surface area contributed by atoms with Crippen molar-refractivity contribution in [3.8, 4) is 5.75 Å². The summed E-state index contributed by atoms with van der Waals surface area (Å²) in [5.41, 5.74) is 5.35. The van der Waals surface area contributed by atoms with Crippen LogP contribution in [0, 0.1) is 0 Å². The molecule has 2 amide bonds. The molecule has 6 nitrogen and oxygen atoms in total. The molecular weight excluding hydrogens is 284 g/mol. The number of benzene rings is 1. The van der Waals surface area contributed by atoms with Crippen molar-refractivity contribution < 1.29 is 18.7 Å². The summed E-state index contributed by atoms with van der Waals surface area (Å²) in [7, 11) is 0. The predicted molar refractivity (Wildman–Crippen MR) is 81.0 cm³/mol. The van der Waals surface area contributed by atoms with Crippen LogP contribution in [-0.4, -0.2) is 18.4 Å². The van der Waals surface area contributed by atoms with Gasteiger partial charge in [0.15, 0.2) is 5.76 Å². The van der Waals surface area contributed by atoms with E-state index in [4.69, 9.17) is 9.15 Å². The monoisotopic (exact) mass is 300 g/mol. The molecule has 1 aromatic carbocycles. The third-order valence-electron chi connectivity index (χ3n) is 2.66. The largest absolute Gasteiger partial charge is 0.494 e. The Hall–Kier alpha value is -3.02. The minimum Gasteiger partial charge on any atom is -0.494 e. The second-order valence-corrected chi connectivity index (χ2v) is 4.26. The zero-order valence-electron chi connectivity index (χ0n) is 12.0. The molecule has 0 aliphatic rings.